The van der Waals surface area contributed by atoms with Crippen LogP contribution in [0.3, 0.4) is 0 Å². The fourth-order valence-electron chi connectivity index (χ4n) is 10.3. The second kappa shape index (κ2) is 29.1. The van der Waals surface area contributed by atoms with Crippen LogP contribution in [-0.2, 0) is 0 Å². The van der Waals surface area contributed by atoms with Gasteiger partial charge >= 0.3 is 0 Å². The van der Waals surface area contributed by atoms with E-state index in [4.69, 9.17) is 240 Å². The average Bonchev–Trinajstić information content (AvgIpc) is 3.02. The number of rotatable bonds is 28. The van der Waals surface area contributed by atoms with E-state index in [1.165, 1.54) is 0 Å². The van der Waals surface area contributed by atoms with Gasteiger partial charge in [-0.2, -0.15) is 0 Å². The molecule has 0 aromatic heterocycles. The Morgan fingerprint density at radius 3 is 0.450 bits per heavy atom. The molecular formula is CHB59. The molecule has 0 aliphatic rings. The average molecular weight is 651 g/mol. The summed E-state index contributed by atoms with van der Waals surface area (Å²) in [7, 11) is 204. The van der Waals surface area contributed by atoms with Crippen LogP contribution in [0, 0.1) is 0 Å². The standard InChI is InChI=1S/CHB59/c2-36(3)51(32)56(58(45(20)21)46(22)23)35(57(59(47(24)25)48(26)27)60(49(28)29)50(30)31)1(33(52(37(4)5)38(6)7)53(39(8)9)40(10)11)34(54(41(12)13)42(14)15)55(43(16)17)44(18)19/h1H. The van der Waals surface area contributed by atoms with Crippen LogP contribution in [0.1, 0.15) is 0 Å². The molecule has 0 fully saturated rings. The van der Waals surface area contributed by atoms with Crippen LogP contribution in [0.2, 0.25) is 5.62 Å². The fourth-order valence-corrected chi connectivity index (χ4v) is 10.3. The van der Waals surface area contributed by atoms with Crippen LogP contribution >= 0.6 is 0 Å². The molecule has 0 spiro atoms. The van der Waals surface area contributed by atoms with E-state index in [2.05, 4.69) is 0 Å². The minimum atomic E-state index is -1.52. The first kappa shape index (κ1) is 63.8. The van der Waals surface area contributed by atoms with E-state index >= 15 is 0 Å². The minimum absolute atomic E-state index is 1.33. The Morgan fingerprint density at radius 2 is 0.300 bits per heavy atom. The van der Waals surface area contributed by atoms with Crippen LogP contribution in [0.5, 0.6) is 0 Å². The van der Waals surface area contributed by atoms with Crippen molar-refractivity contribution in [3.63, 3.8) is 0 Å². The van der Waals surface area contributed by atoms with E-state index in [0.717, 1.165) is 0 Å². The first-order valence-electron chi connectivity index (χ1n) is 19.7. The highest BCUT2D eigenvalue weighted by Crippen LogP contribution is 2.33. The largest absolute Gasteiger partial charge is 0.146 e. The molecule has 0 unspecified atom stereocenters. The van der Waals surface area contributed by atoms with Gasteiger partial charge in [0, 0.05) is 419 Å². The molecule has 0 heterocycles. The summed E-state index contributed by atoms with van der Waals surface area (Å²) in [5.41, 5.74) is -1.52. The Hall–Kier alpha value is 3.83. The summed E-state index contributed by atoms with van der Waals surface area (Å²) in [5, 5.41) is 0. The molecule has 0 aliphatic carbocycles. The van der Waals surface area contributed by atoms with E-state index < -0.39 is 185 Å². The maximum absolute atomic E-state index is 7.08. The smallest absolute Gasteiger partial charge is 0.0294 e. The highest BCUT2D eigenvalue weighted by atomic mass is 13.7. The fraction of sp³-hybridized carbons (Fsp3) is 1.00. The van der Waals surface area contributed by atoms with Crippen molar-refractivity contribution in [2.45, 2.75) is 5.62 Å². The van der Waals surface area contributed by atoms with E-state index in [1.54, 1.807) is 0 Å². The zero-order valence-corrected chi connectivity index (χ0v) is 34.6. The SMILES string of the molecule is [B]B([B])B([B])B(B(B([B])[B])B([B])[B])B(B(B(B([B])[B])B([B])[B])B(B([B])[B])B([B])[B])C(B(B(B([B])[B])B([B])[B])B(B([B])[B])B([B])[B])B(B(B([B])[B])B([B])[B])B(B([B])[B])B([B])[B]. The van der Waals surface area contributed by atoms with Crippen LogP contribution < -0.4 is 0 Å². The van der Waals surface area contributed by atoms with Crippen molar-refractivity contribution in [3.8, 4) is 0 Å². The molecule has 182 valence electrons. The maximum Gasteiger partial charge on any atom is 0.0294 e. The normalized spacial score (nSPS) is 9.88. The van der Waals surface area contributed by atoms with Gasteiger partial charge in [0.1, 0.15) is 0 Å². The minimum Gasteiger partial charge on any atom is -0.146 e. The van der Waals surface area contributed by atoms with Crippen molar-refractivity contribution >= 4 is 419 Å². The summed E-state index contributed by atoms with van der Waals surface area (Å²) >= 11 is 0. The summed E-state index contributed by atoms with van der Waals surface area (Å²) < 4.78 is 0. The Bertz CT molecular complexity index is 938. The summed E-state index contributed by atoms with van der Waals surface area (Å²) in [6, 6.07) is 0. The molecule has 0 N–H and O–H groups in total. The predicted molar refractivity (Wildman–Crippen MR) is 343 cm³/mol. The molecule has 0 aliphatic heterocycles. The van der Waals surface area contributed by atoms with Gasteiger partial charge in [-0.05, 0) is 0 Å². The molecule has 0 nitrogen and oxygen atoms in total. The highest BCUT2D eigenvalue weighted by Gasteiger charge is 2.62. The van der Waals surface area contributed by atoms with Crippen molar-refractivity contribution in [2.24, 2.45) is 0 Å². The van der Waals surface area contributed by atoms with Gasteiger partial charge in [0.05, 0.1) is 0 Å². The molecule has 62 radical (unpaired) electrons. The van der Waals surface area contributed by atoms with Gasteiger partial charge in [0.25, 0.3) is 0 Å². The molecule has 0 amide bonds. The molecule has 0 saturated heterocycles. The van der Waals surface area contributed by atoms with E-state index in [9.17, 15) is 0 Å². The van der Waals surface area contributed by atoms with Crippen LogP contribution in [0.15, 0.2) is 0 Å². The number of hydrogen-bond donors (Lipinski definition) is 0. The molecule has 0 bridgehead atoms. The van der Waals surface area contributed by atoms with Gasteiger partial charge in [0.15, 0.2) is 0 Å². The molecule has 0 rings (SSSR count). The van der Waals surface area contributed by atoms with Gasteiger partial charge in [0.2, 0.25) is 0 Å². The lowest BCUT2D eigenvalue weighted by Gasteiger charge is -2.60. The van der Waals surface area contributed by atoms with E-state index in [-0.39, 0.29) is 0 Å². The van der Waals surface area contributed by atoms with Gasteiger partial charge in [-0.3, -0.25) is 0 Å². The van der Waals surface area contributed by atoms with Gasteiger partial charge in [-0.1, -0.05) is 0 Å². The summed E-state index contributed by atoms with van der Waals surface area (Å²) in [6.45, 7) is -4.37. The first-order chi connectivity index (χ1) is 27.2. The van der Waals surface area contributed by atoms with Crippen LogP contribution in [0.25, 0.3) is 0 Å². The lowest BCUT2D eigenvalue weighted by molar-refractivity contribution is 1.80. The molecule has 60 heavy (non-hydrogen) atoms. The van der Waals surface area contributed by atoms with Gasteiger partial charge in [-0.15, -0.1) is 5.62 Å². The first-order valence-corrected chi connectivity index (χ1v) is 19.7. The zero-order valence-electron chi connectivity index (χ0n) is 34.6. The van der Waals surface area contributed by atoms with Crippen molar-refractivity contribution < 1.29 is 0 Å². The Morgan fingerprint density at radius 1 is 0.150 bits per heavy atom. The molecule has 0 aromatic carbocycles. The van der Waals surface area contributed by atoms with Gasteiger partial charge < -0.3 is 0 Å². The second-order valence-electron chi connectivity index (χ2n) is 16.7. The Kier molecular flexibility index (Phi) is 31.0. The molecular weight excluding hydrogens is 650 g/mol. The lowest BCUT2D eigenvalue weighted by Crippen LogP contribution is -2.91. The Labute approximate surface area is 421 Å². The molecule has 0 saturated carbocycles. The van der Waals surface area contributed by atoms with Crippen molar-refractivity contribution in [2.75, 3.05) is 0 Å². The van der Waals surface area contributed by atoms with E-state index in [1.807, 2.05) is 0 Å². The third kappa shape index (κ3) is 17.1. The van der Waals surface area contributed by atoms with Crippen molar-refractivity contribution in [1.82, 2.24) is 0 Å². The molecule has 59 heteroatoms. The lowest BCUT2D eigenvalue weighted by atomic mass is 8.31. The van der Waals surface area contributed by atoms with Crippen LogP contribution in [0.4, 0.5) is 0 Å². The monoisotopic (exact) mass is 663 g/mol. The van der Waals surface area contributed by atoms with Crippen LogP contribution in [-0.4, -0.2) is 419 Å². The summed E-state index contributed by atoms with van der Waals surface area (Å²) in [4.78, 5) is 0. The topological polar surface area (TPSA) is 0 Å². The van der Waals surface area contributed by atoms with E-state index in [0.29, 0.717) is 0 Å². The summed E-state index contributed by atoms with van der Waals surface area (Å²) in [5.74, 6) is 0. The maximum atomic E-state index is 7.08. The molecule has 0 aromatic rings. The zero-order chi connectivity index (χ0) is 47.7. The molecule has 0 atom stereocenters. The summed E-state index contributed by atoms with van der Waals surface area (Å²) in [6.07, 6.45) is -35.7. The highest BCUT2D eigenvalue weighted by molar-refractivity contribution is 8.25. The second-order valence-corrected chi connectivity index (χ2v) is 16.7. The predicted octanol–water partition coefficient (Wildman–Crippen LogP) is -22.1. The van der Waals surface area contributed by atoms with Gasteiger partial charge in [-0.25, -0.2) is 0 Å². The third-order valence-corrected chi connectivity index (χ3v) is 12.4. The Balaban J connectivity index is 10.7. The third-order valence-electron chi connectivity index (χ3n) is 12.4. The number of hydrogen-bond acceptors (Lipinski definition) is 0. The van der Waals surface area contributed by atoms with Crippen molar-refractivity contribution in [1.29, 1.82) is 0 Å². The van der Waals surface area contributed by atoms with Crippen molar-refractivity contribution in [3.05, 3.63) is 0 Å². The quantitative estimate of drug-likeness (QED) is 0.0739.